The number of nitrogens with one attached hydrogen (secondary N) is 1. The van der Waals surface area contributed by atoms with Crippen molar-refractivity contribution >= 4 is 27.5 Å². The molecule has 3 rings (SSSR count). The number of nitrogens with zero attached hydrogens (tertiary/aromatic N) is 2. The third-order valence-corrected chi connectivity index (χ3v) is 8.35. The maximum atomic E-state index is 14.0. The second-order valence-electron chi connectivity index (χ2n) is 10.5. The van der Waals surface area contributed by atoms with Gasteiger partial charge < -0.3 is 10.2 Å². The lowest BCUT2D eigenvalue weighted by atomic mass is 10.1. The second kappa shape index (κ2) is 12.5. The molecule has 39 heavy (non-hydrogen) atoms. The normalized spacial score (nSPS) is 12.2. The fourth-order valence-electron chi connectivity index (χ4n) is 4.31. The van der Waals surface area contributed by atoms with Crippen molar-refractivity contribution in [2.75, 3.05) is 10.8 Å². The van der Waals surface area contributed by atoms with Crippen LogP contribution in [0.5, 0.6) is 0 Å². The zero-order valence-corrected chi connectivity index (χ0v) is 24.7. The molecule has 1 N–H and O–H groups in total. The van der Waals surface area contributed by atoms with Gasteiger partial charge in [-0.2, -0.15) is 0 Å². The number of sulfonamides is 1. The highest BCUT2D eigenvalue weighted by Gasteiger charge is 2.33. The summed E-state index contributed by atoms with van der Waals surface area (Å²) in [5.74, 6) is -0.775. The minimum absolute atomic E-state index is 0.0940. The van der Waals surface area contributed by atoms with Gasteiger partial charge >= 0.3 is 0 Å². The molecule has 2 amide bonds. The van der Waals surface area contributed by atoms with E-state index in [0.29, 0.717) is 5.69 Å². The van der Waals surface area contributed by atoms with Crippen LogP contribution in [0.4, 0.5) is 5.69 Å². The van der Waals surface area contributed by atoms with Crippen molar-refractivity contribution in [3.63, 3.8) is 0 Å². The number of hydrogen-bond donors (Lipinski definition) is 1. The molecule has 0 aliphatic heterocycles. The van der Waals surface area contributed by atoms with E-state index in [4.69, 9.17) is 0 Å². The van der Waals surface area contributed by atoms with E-state index in [1.165, 1.54) is 4.90 Å². The van der Waals surface area contributed by atoms with Gasteiger partial charge in [0.05, 0.1) is 10.6 Å². The van der Waals surface area contributed by atoms with E-state index in [1.54, 1.807) is 37.3 Å². The molecular formula is C31H39N3O4S. The highest BCUT2D eigenvalue weighted by Crippen LogP contribution is 2.28. The molecule has 1 unspecified atom stereocenters. The Hall–Kier alpha value is -3.65. The van der Waals surface area contributed by atoms with Gasteiger partial charge in [-0.3, -0.25) is 13.9 Å². The average Bonchev–Trinajstić information content (AvgIpc) is 2.86. The molecule has 0 radical (unpaired) electrons. The van der Waals surface area contributed by atoms with E-state index in [9.17, 15) is 18.0 Å². The fourth-order valence-corrected chi connectivity index (χ4v) is 5.79. The Bertz CT molecular complexity index is 1420. The molecule has 0 spiro atoms. The smallest absolute Gasteiger partial charge is 0.264 e. The number of carbonyl (C=O) groups is 2. The van der Waals surface area contributed by atoms with Gasteiger partial charge in [0.25, 0.3) is 10.0 Å². The van der Waals surface area contributed by atoms with Crippen LogP contribution in [0.2, 0.25) is 0 Å². The molecule has 0 aromatic heterocycles. The molecule has 208 valence electrons. The summed E-state index contributed by atoms with van der Waals surface area (Å²) in [5.41, 5.74) is 4.98. The molecule has 3 aromatic carbocycles. The van der Waals surface area contributed by atoms with Crippen LogP contribution in [0, 0.1) is 27.7 Å². The zero-order valence-electron chi connectivity index (χ0n) is 23.9. The van der Waals surface area contributed by atoms with Crippen molar-refractivity contribution in [3.8, 4) is 0 Å². The summed E-state index contributed by atoms with van der Waals surface area (Å²) in [5, 5.41) is 2.87. The molecule has 0 saturated carbocycles. The number of anilines is 1. The fraction of sp³-hybridized carbons (Fsp3) is 0.355. The zero-order chi connectivity index (χ0) is 28.9. The number of hydrogen-bond acceptors (Lipinski definition) is 4. The minimum atomic E-state index is -4.09. The summed E-state index contributed by atoms with van der Waals surface area (Å²) in [4.78, 5) is 28.5. The Balaban J connectivity index is 2.06. The van der Waals surface area contributed by atoms with Crippen molar-refractivity contribution < 1.29 is 18.0 Å². The van der Waals surface area contributed by atoms with Crippen LogP contribution in [0.15, 0.2) is 71.6 Å². The minimum Gasteiger partial charge on any atom is -0.352 e. The number of carbonyl (C=O) groups excluding carboxylic acids is 2. The maximum Gasteiger partial charge on any atom is 0.264 e. The van der Waals surface area contributed by atoms with Crippen molar-refractivity contribution in [1.82, 2.24) is 10.2 Å². The number of aryl methyl sites for hydroxylation is 4. The molecule has 3 aromatic rings. The molecule has 0 aliphatic carbocycles. The predicted molar refractivity (Wildman–Crippen MR) is 156 cm³/mol. The number of benzene rings is 3. The Morgan fingerprint density at radius 3 is 1.87 bits per heavy atom. The van der Waals surface area contributed by atoms with E-state index >= 15 is 0 Å². The van der Waals surface area contributed by atoms with Gasteiger partial charge in [-0.15, -0.1) is 0 Å². The molecule has 0 fully saturated rings. The first-order chi connectivity index (χ1) is 18.3. The maximum absolute atomic E-state index is 14.0. The summed E-state index contributed by atoms with van der Waals surface area (Å²) in [7, 11) is -4.09. The third kappa shape index (κ3) is 7.47. The highest BCUT2D eigenvalue weighted by molar-refractivity contribution is 7.92. The summed E-state index contributed by atoms with van der Waals surface area (Å²) in [6.45, 7) is 12.7. The van der Waals surface area contributed by atoms with E-state index < -0.39 is 28.5 Å². The Labute approximate surface area is 232 Å². The predicted octanol–water partition coefficient (Wildman–Crippen LogP) is 5.06. The van der Waals surface area contributed by atoms with Crippen molar-refractivity contribution in [2.24, 2.45) is 0 Å². The SMILES string of the molecule is Cc1ccc(CN(C(=O)CN(c2ccc(C)cc2C)S(=O)(=O)c2ccc(C)cc2)C(C)C(=O)NC(C)C)cc1. The van der Waals surface area contributed by atoms with Gasteiger partial charge in [-0.1, -0.05) is 65.2 Å². The largest absolute Gasteiger partial charge is 0.352 e. The van der Waals surface area contributed by atoms with E-state index in [-0.39, 0.29) is 23.4 Å². The highest BCUT2D eigenvalue weighted by atomic mass is 32.2. The molecule has 0 saturated heterocycles. The van der Waals surface area contributed by atoms with E-state index in [2.05, 4.69) is 5.32 Å². The van der Waals surface area contributed by atoms with Crippen LogP contribution in [-0.2, 0) is 26.2 Å². The molecule has 0 aliphatic rings. The van der Waals surface area contributed by atoms with Crippen LogP contribution in [0.25, 0.3) is 0 Å². The van der Waals surface area contributed by atoms with Crippen molar-refractivity contribution in [1.29, 1.82) is 0 Å². The van der Waals surface area contributed by atoms with E-state index in [1.807, 2.05) is 77.9 Å². The Kier molecular flexibility index (Phi) is 9.56. The topological polar surface area (TPSA) is 86.8 Å². The molecule has 0 bridgehead atoms. The lowest BCUT2D eigenvalue weighted by Gasteiger charge is -2.32. The van der Waals surface area contributed by atoms with Crippen LogP contribution >= 0.6 is 0 Å². The summed E-state index contributed by atoms with van der Waals surface area (Å²) in [6, 6.07) is 18.8. The monoisotopic (exact) mass is 549 g/mol. The van der Waals surface area contributed by atoms with Crippen LogP contribution in [-0.4, -0.2) is 43.8 Å². The molecule has 7 nitrogen and oxygen atoms in total. The lowest BCUT2D eigenvalue weighted by Crippen LogP contribution is -2.52. The van der Waals surface area contributed by atoms with Crippen molar-refractivity contribution in [2.45, 2.75) is 72.0 Å². The average molecular weight is 550 g/mol. The quantitative estimate of drug-likeness (QED) is 0.383. The first-order valence-corrected chi connectivity index (χ1v) is 14.6. The summed E-state index contributed by atoms with van der Waals surface area (Å²) in [6.07, 6.45) is 0. The summed E-state index contributed by atoms with van der Waals surface area (Å²) >= 11 is 0. The standard InChI is InChI=1S/C31H39N3O4S/c1-21(2)32-31(36)26(7)33(19-27-13-8-22(3)9-14-27)30(35)20-34(29-17-12-24(5)18-25(29)6)39(37,38)28-15-10-23(4)11-16-28/h8-18,21,26H,19-20H2,1-7H3,(H,32,36). The molecular weight excluding hydrogens is 510 g/mol. The van der Waals surface area contributed by atoms with Crippen molar-refractivity contribution in [3.05, 3.63) is 94.5 Å². The van der Waals surface area contributed by atoms with Crippen LogP contribution in [0.1, 0.15) is 48.6 Å². The molecule has 8 heteroatoms. The first-order valence-electron chi connectivity index (χ1n) is 13.1. The Morgan fingerprint density at radius 1 is 0.795 bits per heavy atom. The Morgan fingerprint density at radius 2 is 1.33 bits per heavy atom. The van der Waals surface area contributed by atoms with Gasteiger partial charge in [-0.25, -0.2) is 8.42 Å². The van der Waals surface area contributed by atoms with Gasteiger partial charge in [0.1, 0.15) is 12.6 Å². The van der Waals surface area contributed by atoms with E-state index in [0.717, 1.165) is 32.1 Å². The first kappa shape index (κ1) is 29.9. The molecule has 0 heterocycles. The second-order valence-corrected chi connectivity index (χ2v) is 12.3. The van der Waals surface area contributed by atoms with Gasteiger partial charge in [0, 0.05) is 12.6 Å². The van der Waals surface area contributed by atoms with Crippen LogP contribution < -0.4 is 9.62 Å². The number of rotatable bonds is 10. The van der Waals surface area contributed by atoms with Gasteiger partial charge in [-0.05, 0) is 77.8 Å². The van der Waals surface area contributed by atoms with Crippen LogP contribution in [0.3, 0.4) is 0 Å². The van der Waals surface area contributed by atoms with Gasteiger partial charge in [0.15, 0.2) is 0 Å². The van der Waals surface area contributed by atoms with Gasteiger partial charge in [0.2, 0.25) is 11.8 Å². The number of amides is 2. The third-order valence-electron chi connectivity index (χ3n) is 6.58. The molecule has 1 atom stereocenters. The summed E-state index contributed by atoms with van der Waals surface area (Å²) < 4.78 is 29.1. The lowest BCUT2D eigenvalue weighted by molar-refractivity contribution is -0.139.